The molecule has 2 amide bonds. The Hall–Kier alpha value is -2.73. The lowest BCUT2D eigenvalue weighted by atomic mass is 9.94. The third kappa shape index (κ3) is 4.17. The molecule has 6 nitrogen and oxygen atoms in total. The minimum Gasteiger partial charge on any atom is -0.506 e. The first-order valence-electron chi connectivity index (χ1n) is 8.58. The number of phenols is 1. The predicted molar refractivity (Wildman–Crippen MR) is 102 cm³/mol. The number of carbonyl (C=O) groups is 2. The second kappa shape index (κ2) is 7.88. The molecule has 0 aromatic heterocycles. The number of hydrogen-bond donors (Lipinski definition) is 2. The highest BCUT2D eigenvalue weighted by atomic mass is 35.5. The van der Waals surface area contributed by atoms with Gasteiger partial charge in [-0.1, -0.05) is 23.7 Å². The summed E-state index contributed by atoms with van der Waals surface area (Å²) in [7, 11) is 1.61. The van der Waals surface area contributed by atoms with Crippen LogP contribution in [0.5, 0.6) is 11.5 Å². The molecule has 0 radical (unpaired) electrons. The molecule has 7 heteroatoms. The quantitative estimate of drug-likeness (QED) is 0.844. The average molecular weight is 389 g/mol. The molecule has 0 aliphatic carbocycles. The molecule has 27 heavy (non-hydrogen) atoms. The number of halogens is 1. The number of likely N-dealkylation sites (tertiary alicyclic amines) is 1. The molecule has 0 unspecified atom stereocenters. The van der Waals surface area contributed by atoms with Gasteiger partial charge in [-0.3, -0.25) is 9.59 Å². The summed E-state index contributed by atoms with van der Waals surface area (Å²) in [5, 5.41) is 12.6. The molecule has 1 fully saturated rings. The van der Waals surface area contributed by atoms with Crippen molar-refractivity contribution in [3.63, 3.8) is 0 Å². The van der Waals surface area contributed by atoms with Gasteiger partial charge in [0.15, 0.2) is 0 Å². The maximum Gasteiger partial charge on any atom is 0.254 e. The first-order valence-corrected chi connectivity index (χ1v) is 8.95. The smallest absolute Gasteiger partial charge is 0.254 e. The van der Waals surface area contributed by atoms with Crippen LogP contribution in [0, 0.1) is 0 Å². The van der Waals surface area contributed by atoms with Gasteiger partial charge in [0.25, 0.3) is 5.91 Å². The van der Waals surface area contributed by atoms with Gasteiger partial charge in [-0.2, -0.15) is 0 Å². The van der Waals surface area contributed by atoms with Crippen LogP contribution in [0.15, 0.2) is 42.5 Å². The number of amides is 2. The Kier molecular flexibility index (Phi) is 5.56. The zero-order valence-corrected chi connectivity index (χ0v) is 15.9. The third-order valence-corrected chi connectivity index (χ3v) is 5.04. The third-order valence-electron chi connectivity index (χ3n) is 4.73. The van der Waals surface area contributed by atoms with E-state index in [1.165, 1.54) is 25.1 Å². The maximum atomic E-state index is 12.9. The van der Waals surface area contributed by atoms with E-state index in [9.17, 15) is 14.7 Å². The molecule has 2 atom stereocenters. The molecule has 0 bridgehead atoms. The number of carbonyl (C=O) groups excluding carboxylic acids is 2. The van der Waals surface area contributed by atoms with E-state index in [1.54, 1.807) is 12.0 Å². The number of methoxy groups -OCH3 is 1. The molecule has 142 valence electrons. The van der Waals surface area contributed by atoms with Crippen molar-refractivity contribution in [1.82, 2.24) is 10.2 Å². The summed E-state index contributed by atoms with van der Waals surface area (Å²) in [5.74, 6) is 0.321. The van der Waals surface area contributed by atoms with Crippen molar-refractivity contribution in [2.24, 2.45) is 0 Å². The van der Waals surface area contributed by atoms with Crippen LogP contribution in [0.1, 0.15) is 28.8 Å². The van der Waals surface area contributed by atoms with E-state index in [0.717, 1.165) is 11.3 Å². The normalized spacial score (nSPS) is 19.0. The second-order valence-corrected chi connectivity index (χ2v) is 6.97. The van der Waals surface area contributed by atoms with E-state index in [4.69, 9.17) is 16.3 Å². The Bertz CT molecular complexity index is 854. The van der Waals surface area contributed by atoms with Crippen LogP contribution >= 0.6 is 11.6 Å². The lowest BCUT2D eigenvalue weighted by Crippen LogP contribution is -2.39. The lowest BCUT2D eigenvalue weighted by Gasteiger charge is -2.19. The number of aromatic hydroxyl groups is 1. The zero-order valence-electron chi connectivity index (χ0n) is 15.1. The summed E-state index contributed by atoms with van der Waals surface area (Å²) in [4.78, 5) is 26.2. The first-order chi connectivity index (χ1) is 12.9. The van der Waals surface area contributed by atoms with Crippen molar-refractivity contribution < 1.29 is 19.4 Å². The van der Waals surface area contributed by atoms with Gasteiger partial charge in [-0.15, -0.1) is 0 Å². The fourth-order valence-electron chi connectivity index (χ4n) is 3.39. The molecule has 2 aromatic rings. The summed E-state index contributed by atoms with van der Waals surface area (Å²) in [6, 6.07) is 11.8. The Balaban J connectivity index is 1.84. The van der Waals surface area contributed by atoms with E-state index in [-0.39, 0.29) is 34.5 Å². The zero-order chi connectivity index (χ0) is 19.6. The molecule has 2 N–H and O–H groups in total. The van der Waals surface area contributed by atoms with E-state index in [1.807, 2.05) is 24.3 Å². The average Bonchev–Trinajstić information content (AvgIpc) is 3.06. The number of hydrogen-bond acceptors (Lipinski definition) is 4. The molecule has 2 aromatic carbocycles. The van der Waals surface area contributed by atoms with Gasteiger partial charge in [-0.05, 0) is 35.9 Å². The number of phenolic OH excluding ortho intramolecular Hbond substituents is 1. The van der Waals surface area contributed by atoms with Crippen molar-refractivity contribution in [2.75, 3.05) is 20.2 Å². The van der Waals surface area contributed by atoms with Crippen molar-refractivity contribution in [3.05, 3.63) is 58.6 Å². The maximum absolute atomic E-state index is 12.9. The van der Waals surface area contributed by atoms with Gasteiger partial charge in [0.1, 0.15) is 11.5 Å². The highest BCUT2D eigenvalue weighted by Crippen LogP contribution is 2.31. The van der Waals surface area contributed by atoms with Crippen LogP contribution in [0.25, 0.3) is 0 Å². The SMILES string of the molecule is COc1ccc([C@@H]2CN(C(=O)c3ccc(O)c(Cl)c3)C[C@H]2NC(C)=O)cc1. The standard InChI is InChI=1S/C20H21ClN2O4/c1-12(24)22-18-11-23(20(26)14-5-8-19(25)17(21)9-14)10-16(18)13-3-6-15(27-2)7-4-13/h3-9,16,18,25H,10-11H2,1-2H3,(H,22,24)/t16-,18+/m0/s1. The Morgan fingerprint density at radius 1 is 1.19 bits per heavy atom. The van der Waals surface area contributed by atoms with Gasteiger partial charge in [0.2, 0.25) is 5.91 Å². The second-order valence-electron chi connectivity index (χ2n) is 6.56. The van der Waals surface area contributed by atoms with Crippen LogP contribution in [0.4, 0.5) is 0 Å². The van der Waals surface area contributed by atoms with Crippen LogP contribution in [0.3, 0.4) is 0 Å². The Morgan fingerprint density at radius 3 is 2.48 bits per heavy atom. The molecule has 3 rings (SSSR count). The monoisotopic (exact) mass is 388 g/mol. The van der Waals surface area contributed by atoms with E-state index < -0.39 is 0 Å². The van der Waals surface area contributed by atoms with E-state index in [2.05, 4.69) is 5.32 Å². The number of nitrogens with zero attached hydrogens (tertiary/aromatic N) is 1. The fraction of sp³-hybridized carbons (Fsp3) is 0.300. The van der Waals surface area contributed by atoms with Crippen LogP contribution in [-0.4, -0.2) is 48.1 Å². The Labute approximate surface area is 162 Å². The van der Waals surface area contributed by atoms with Gasteiger partial charge in [-0.25, -0.2) is 0 Å². The number of nitrogens with one attached hydrogen (secondary N) is 1. The molecule has 1 aliphatic rings. The lowest BCUT2D eigenvalue weighted by molar-refractivity contribution is -0.119. The molecular weight excluding hydrogens is 368 g/mol. The first kappa shape index (κ1) is 19.0. The van der Waals surface area contributed by atoms with Gasteiger partial charge in [0, 0.05) is 31.5 Å². The number of ether oxygens (including phenoxy) is 1. The summed E-state index contributed by atoms with van der Waals surface area (Å²) < 4.78 is 5.19. The van der Waals surface area contributed by atoms with Crippen molar-refractivity contribution in [1.29, 1.82) is 0 Å². The molecule has 1 aliphatic heterocycles. The van der Waals surface area contributed by atoms with Crippen LogP contribution < -0.4 is 10.1 Å². The summed E-state index contributed by atoms with van der Waals surface area (Å²) in [6.07, 6.45) is 0. The number of rotatable bonds is 4. The van der Waals surface area contributed by atoms with E-state index in [0.29, 0.717) is 18.7 Å². The minimum absolute atomic E-state index is 0.0312. The number of benzene rings is 2. The largest absolute Gasteiger partial charge is 0.506 e. The van der Waals surface area contributed by atoms with Gasteiger partial charge in [0.05, 0.1) is 18.2 Å². The van der Waals surface area contributed by atoms with Crippen LogP contribution in [0.2, 0.25) is 5.02 Å². The summed E-state index contributed by atoms with van der Waals surface area (Å²) in [6.45, 7) is 2.33. The van der Waals surface area contributed by atoms with Crippen molar-refractivity contribution in [2.45, 2.75) is 18.9 Å². The molecular formula is C20H21ClN2O4. The van der Waals surface area contributed by atoms with Gasteiger partial charge >= 0.3 is 0 Å². The topological polar surface area (TPSA) is 78.9 Å². The minimum atomic E-state index is -0.191. The van der Waals surface area contributed by atoms with Crippen LogP contribution in [-0.2, 0) is 4.79 Å². The highest BCUT2D eigenvalue weighted by Gasteiger charge is 2.37. The van der Waals surface area contributed by atoms with E-state index >= 15 is 0 Å². The molecule has 1 saturated heterocycles. The predicted octanol–water partition coefficient (Wildman–Crippen LogP) is 2.80. The molecule has 0 saturated carbocycles. The Morgan fingerprint density at radius 2 is 1.89 bits per heavy atom. The van der Waals surface area contributed by atoms with Crippen molar-refractivity contribution >= 4 is 23.4 Å². The molecule has 1 heterocycles. The highest BCUT2D eigenvalue weighted by molar-refractivity contribution is 6.32. The molecule has 0 spiro atoms. The fourth-order valence-corrected chi connectivity index (χ4v) is 3.57. The summed E-state index contributed by atoms with van der Waals surface area (Å²) >= 11 is 5.93. The van der Waals surface area contributed by atoms with Gasteiger partial charge < -0.3 is 20.1 Å². The summed E-state index contributed by atoms with van der Waals surface area (Å²) in [5.41, 5.74) is 1.42. The van der Waals surface area contributed by atoms with Crippen molar-refractivity contribution in [3.8, 4) is 11.5 Å².